The van der Waals surface area contributed by atoms with Gasteiger partial charge in [0.15, 0.2) is 0 Å². The van der Waals surface area contributed by atoms with E-state index in [0.717, 1.165) is 26.1 Å². The number of carbonyl (C=O) groups excluding carboxylic acids is 1. The minimum Gasteiger partial charge on any atom is -0.355 e. The predicted molar refractivity (Wildman–Crippen MR) is 66.4 cm³/mol. The fraction of sp³-hybridized carbons (Fsp3) is 0.917. The van der Waals surface area contributed by atoms with Gasteiger partial charge in [0.2, 0.25) is 5.91 Å². The van der Waals surface area contributed by atoms with Crippen molar-refractivity contribution in [3.8, 4) is 0 Å². The lowest BCUT2D eigenvalue weighted by atomic mass is 10.1. The van der Waals surface area contributed by atoms with Crippen LogP contribution in [0, 0.1) is 0 Å². The number of nitrogens with one attached hydrogen (secondary N) is 2. The van der Waals surface area contributed by atoms with E-state index < -0.39 is 0 Å². The summed E-state index contributed by atoms with van der Waals surface area (Å²) in [6.45, 7) is 11.1. The lowest BCUT2D eigenvalue weighted by Crippen LogP contribution is -2.60. The molecule has 1 aliphatic rings. The first-order valence-corrected chi connectivity index (χ1v) is 6.33. The van der Waals surface area contributed by atoms with Crippen LogP contribution in [0.25, 0.3) is 0 Å². The van der Waals surface area contributed by atoms with E-state index in [9.17, 15) is 4.79 Å². The molecule has 1 heterocycles. The van der Waals surface area contributed by atoms with Crippen LogP contribution in [0.1, 0.15) is 34.1 Å². The normalized spacial score (nSPS) is 28.8. The lowest BCUT2D eigenvalue weighted by Gasteiger charge is -2.40. The van der Waals surface area contributed by atoms with E-state index >= 15 is 0 Å². The van der Waals surface area contributed by atoms with Crippen molar-refractivity contribution in [3.05, 3.63) is 0 Å². The van der Waals surface area contributed by atoms with E-state index in [4.69, 9.17) is 0 Å². The molecule has 3 atom stereocenters. The summed E-state index contributed by atoms with van der Waals surface area (Å²) in [5.41, 5.74) is 0. The van der Waals surface area contributed by atoms with Crippen molar-refractivity contribution < 1.29 is 4.79 Å². The van der Waals surface area contributed by atoms with Gasteiger partial charge >= 0.3 is 0 Å². The van der Waals surface area contributed by atoms with Gasteiger partial charge in [0.05, 0.1) is 6.04 Å². The van der Waals surface area contributed by atoms with Gasteiger partial charge in [-0.15, -0.1) is 0 Å². The Kier molecular flexibility index (Phi) is 5.22. The molecule has 4 heteroatoms. The number of hydrogen-bond donors (Lipinski definition) is 2. The molecule has 2 N–H and O–H groups in total. The van der Waals surface area contributed by atoms with Crippen LogP contribution in [0.4, 0.5) is 0 Å². The van der Waals surface area contributed by atoms with Crippen molar-refractivity contribution in [2.45, 2.75) is 52.2 Å². The summed E-state index contributed by atoms with van der Waals surface area (Å²) in [5, 5.41) is 6.39. The van der Waals surface area contributed by atoms with Crippen molar-refractivity contribution in [2.75, 3.05) is 19.6 Å². The molecule has 1 amide bonds. The number of amides is 1. The smallest absolute Gasteiger partial charge is 0.237 e. The van der Waals surface area contributed by atoms with Crippen LogP contribution >= 0.6 is 0 Å². The summed E-state index contributed by atoms with van der Waals surface area (Å²) < 4.78 is 0. The summed E-state index contributed by atoms with van der Waals surface area (Å²) >= 11 is 0. The highest BCUT2D eigenvalue weighted by Gasteiger charge is 2.29. The van der Waals surface area contributed by atoms with Crippen molar-refractivity contribution in [1.82, 2.24) is 15.5 Å². The van der Waals surface area contributed by atoms with Crippen LogP contribution in [0.5, 0.6) is 0 Å². The average Bonchev–Trinajstić information content (AvgIpc) is 2.28. The monoisotopic (exact) mass is 227 g/mol. The second kappa shape index (κ2) is 6.21. The van der Waals surface area contributed by atoms with Crippen LogP contribution in [0.2, 0.25) is 0 Å². The van der Waals surface area contributed by atoms with Crippen molar-refractivity contribution in [1.29, 1.82) is 0 Å². The van der Waals surface area contributed by atoms with E-state index in [0.29, 0.717) is 12.1 Å². The fourth-order valence-corrected chi connectivity index (χ4v) is 2.14. The zero-order chi connectivity index (χ0) is 12.1. The maximum Gasteiger partial charge on any atom is 0.237 e. The van der Waals surface area contributed by atoms with Crippen LogP contribution in [-0.2, 0) is 4.79 Å². The van der Waals surface area contributed by atoms with Crippen LogP contribution < -0.4 is 10.6 Å². The minimum absolute atomic E-state index is 0.0221. The number of nitrogens with zero attached hydrogens (tertiary/aromatic N) is 1. The highest BCUT2D eigenvalue weighted by Crippen LogP contribution is 2.11. The lowest BCUT2D eigenvalue weighted by molar-refractivity contribution is -0.127. The Morgan fingerprint density at radius 3 is 2.88 bits per heavy atom. The Balaban J connectivity index is 2.50. The van der Waals surface area contributed by atoms with Gasteiger partial charge in [-0.2, -0.15) is 0 Å². The summed E-state index contributed by atoms with van der Waals surface area (Å²) in [7, 11) is 0. The van der Waals surface area contributed by atoms with E-state index in [1.807, 2.05) is 6.92 Å². The highest BCUT2D eigenvalue weighted by molar-refractivity contribution is 5.81. The van der Waals surface area contributed by atoms with Gasteiger partial charge in [-0.05, 0) is 27.2 Å². The molecule has 0 saturated carbocycles. The topological polar surface area (TPSA) is 44.4 Å². The molecular formula is C12H25N3O. The summed E-state index contributed by atoms with van der Waals surface area (Å²) in [6, 6.07) is 0.877. The molecule has 1 aliphatic heterocycles. The molecule has 3 unspecified atom stereocenters. The largest absolute Gasteiger partial charge is 0.355 e. The van der Waals surface area contributed by atoms with Gasteiger partial charge in [0, 0.05) is 31.7 Å². The van der Waals surface area contributed by atoms with E-state index in [2.05, 4.69) is 36.3 Å². The van der Waals surface area contributed by atoms with Crippen LogP contribution in [0.3, 0.4) is 0 Å². The second-order valence-electron chi connectivity index (χ2n) is 4.82. The third-order valence-corrected chi connectivity index (χ3v) is 3.24. The van der Waals surface area contributed by atoms with E-state index in [1.165, 1.54) is 0 Å². The minimum atomic E-state index is -0.0221. The number of rotatable bonds is 4. The summed E-state index contributed by atoms with van der Waals surface area (Å²) in [6.07, 6.45) is 0.992. The molecule has 0 spiro atoms. The third-order valence-electron chi connectivity index (χ3n) is 3.24. The first kappa shape index (κ1) is 13.5. The standard InChI is InChI=1S/C12H25N3O/c1-5-6-13-12(16)11(4)15-8-9(2)14-7-10(15)3/h9-11,14H,5-8H2,1-4H3,(H,13,16). The van der Waals surface area contributed by atoms with Gasteiger partial charge in [-0.25, -0.2) is 0 Å². The quantitative estimate of drug-likeness (QED) is 0.738. The Morgan fingerprint density at radius 1 is 1.56 bits per heavy atom. The van der Waals surface area contributed by atoms with Crippen LogP contribution in [-0.4, -0.2) is 48.6 Å². The first-order chi connectivity index (χ1) is 7.56. The number of piperazine rings is 1. The summed E-state index contributed by atoms with van der Waals surface area (Å²) in [5.74, 6) is 0.155. The molecule has 1 saturated heterocycles. The zero-order valence-corrected chi connectivity index (χ0v) is 10.9. The van der Waals surface area contributed by atoms with Crippen molar-refractivity contribution in [2.24, 2.45) is 0 Å². The van der Waals surface area contributed by atoms with Gasteiger partial charge < -0.3 is 10.6 Å². The second-order valence-corrected chi connectivity index (χ2v) is 4.82. The molecule has 1 rings (SSSR count). The highest BCUT2D eigenvalue weighted by atomic mass is 16.2. The molecule has 0 radical (unpaired) electrons. The van der Waals surface area contributed by atoms with Gasteiger partial charge in [-0.1, -0.05) is 6.92 Å². The van der Waals surface area contributed by atoms with Crippen LogP contribution in [0.15, 0.2) is 0 Å². The molecular weight excluding hydrogens is 202 g/mol. The average molecular weight is 227 g/mol. The Morgan fingerprint density at radius 2 is 2.25 bits per heavy atom. The van der Waals surface area contributed by atoms with E-state index in [1.54, 1.807) is 0 Å². The molecule has 16 heavy (non-hydrogen) atoms. The summed E-state index contributed by atoms with van der Waals surface area (Å²) in [4.78, 5) is 14.2. The molecule has 1 fully saturated rings. The first-order valence-electron chi connectivity index (χ1n) is 6.33. The molecule has 0 bridgehead atoms. The van der Waals surface area contributed by atoms with Gasteiger partial charge in [0.25, 0.3) is 0 Å². The maximum atomic E-state index is 11.9. The number of carbonyl (C=O) groups is 1. The molecule has 94 valence electrons. The fourth-order valence-electron chi connectivity index (χ4n) is 2.14. The molecule has 0 aromatic carbocycles. The Bertz CT molecular complexity index is 232. The number of hydrogen-bond acceptors (Lipinski definition) is 3. The maximum absolute atomic E-state index is 11.9. The molecule has 0 aromatic rings. The SMILES string of the molecule is CCCNC(=O)C(C)N1CC(C)NCC1C. The van der Waals surface area contributed by atoms with Crippen molar-refractivity contribution in [3.63, 3.8) is 0 Å². The molecule has 0 aliphatic carbocycles. The van der Waals surface area contributed by atoms with E-state index in [-0.39, 0.29) is 11.9 Å². The van der Waals surface area contributed by atoms with Gasteiger partial charge in [-0.3, -0.25) is 9.69 Å². The molecule has 0 aromatic heterocycles. The van der Waals surface area contributed by atoms with Gasteiger partial charge in [0.1, 0.15) is 0 Å². The zero-order valence-electron chi connectivity index (χ0n) is 10.9. The third kappa shape index (κ3) is 3.46. The van der Waals surface area contributed by atoms with Crippen molar-refractivity contribution >= 4 is 5.91 Å². The predicted octanol–water partition coefficient (Wildman–Crippen LogP) is 0.583. The Hall–Kier alpha value is -0.610. The molecule has 4 nitrogen and oxygen atoms in total. The Labute approximate surface area is 98.8 Å².